The molecule has 0 saturated carbocycles. The number of benzene rings is 1. The number of alkyl halides is 4. The summed E-state index contributed by atoms with van der Waals surface area (Å²) in [6.07, 6.45) is -4.63. The van der Waals surface area contributed by atoms with Gasteiger partial charge in [0.1, 0.15) is 18.2 Å². The summed E-state index contributed by atoms with van der Waals surface area (Å²) in [6.45, 7) is -0.204. The highest BCUT2D eigenvalue weighted by Gasteiger charge is 2.52. The maximum atomic E-state index is 14.9. The third-order valence-corrected chi connectivity index (χ3v) is 4.89. The first-order valence-corrected chi connectivity index (χ1v) is 9.21. The second kappa shape index (κ2) is 8.29. The van der Waals surface area contributed by atoms with Gasteiger partial charge in [-0.1, -0.05) is 11.6 Å². The van der Waals surface area contributed by atoms with Gasteiger partial charge in [0, 0.05) is 23.9 Å². The third-order valence-electron chi connectivity index (χ3n) is 4.66. The van der Waals surface area contributed by atoms with E-state index in [-0.39, 0.29) is 16.9 Å². The lowest BCUT2D eigenvalue weighted by atomic mass is 9.85. The molecule has 0 radical (unpaired) electrons. The molecule has 0 spiro atoms. The Bertz CT molecular complexity index is 1030. The molecule has 3 N–H and O–H groups in total. The number of aliphatic imine (C=N–C) groups is 1. The molecule has 0 fully saturated rings. The quantitative estimate of drug-likeness (QED) is 0.664. The highest BCUT2D eigenvalue weighted by atomic mass is 35.5. The second-order valence-electron chi connectivity index (χ2n) is 6.93. The van der Waals surface area contributed by atoms with Gasteiger partial charge < -0.3 is 15.8 Å². The number of aromatic nitrogens is 1. The molecule has 0 bridgehead atoms. The van der Waals surface area contributed by atoms with Crippen LogP contribution in [0.1, 0.15) is 28.0 Å². The summed E-state index contributed by atoms with van der Waals surface area (Å²) in [7, 11) is 0. The highest BCUT2D eigenvalue weighted by molar-refractivity contribution is 6.30. The standard InChI is InChI=1S/C19H16ClF5N4O2/c1-9-4-11(28-16(30)13-3-2-10(20)7-27-13)5-12(15(9)22)18(8-21)6-14(19(23,24)25)29-17(26)31-18/h2-5,7,14H,6,8H2,1H3,(H2,26,29)(H,28,30)/t14-,18+/m0/s1. The summed E-state index contributed by atoms with van der Waals surface area (Å²) >= 11 is 5.72. The first-order chi connectivity index (χ1) is 14.4. The molecule has 0 aliphatic carbocycles. The Morgan fingerprint density at radius 3 is 2.68 bits per heavy atom. The average Bonchev–Trinajstić information content (AvgIpc) is 2.69. The van der Waals surface area contributed by atoms with Crippen molar-refractivity contribution in [3.63, 3.8) is 0 Å². The smallest absolute Gasteiger partial charge is 0.411 e. The normalized spacial score (nSPS) is 21.3. The molecule has 1 aromatic heterocycles. The van der Waals surface area contributed by atoms with Crippen molar-refractivity contribution in [2.75, 3.05) is 12.0 Å². The number of carbonyl (C=O) groups excluding carboxylic acids is 1. The van der Waals surface area contributed by atoms with Gasteiger partial charge in [0.2, 0.25) is 0 Å². The van der Waals surface area contributed by atoms with Crippen molar-refractivity contribution in [1.29, 1.82) is 0 Å². The van der Waals surface area contributed by atoms with Crippen molar-refractivity contribution in [3.05, 3.63) is 58.1 Å². The molecule has 2 atom stereocenters. The number of hydrogen-bond donors (Lipinski definition) is 2. The lowest BCUT2D eigenvalue weighted by Gasteiger charge is -2.38. The van der Waals surface area contributed by atoms with Crippen LogP contribution in [-0.2, 0) is 10.3 Å². The fraction of sp³-hybridized carbons (Fsp3) is 0.316. The first kappa shape index (κ1) is 22.7. The molecule has 1 aromatic carbocycles. The molecular formula is C19H16ClF5N4O2. The van der Waals surface area contributed by atoms with E-state index in [4.69, 9.17) is 22.1 Å². The SMILES string of the molecule is Cc1cc(NC(=O)c2ccc(Cl)cn2)cc([C@]2(CF)C[C@@H](C(F)(F)F)N=C(N)O2)c1F. The Labute approximate surface area is 178 Å². The monoisotopic (exact) mass is 462 g/mol. The fourth-order valence-electron chi connectivity index (χ4n) is 3.17. The molecule has 2 aromatic rings. The first-order valence-electron chi connectivity index (χ1n) is 8.83. The van der Waals surface area contributed by atoms with Gasteiger partial charge in [0.15, 0.2) is 11.6 Å². The molecule has 2 heterocycles. The zero-order chi connectivity index (χ0) is 23.0. The summed E-state index contributed by atoms with van der Waals surface area (Å²) < 4.78 is 73.8. The van der Waals surface area contributed by atoms with Gasteiger partial charge in [-0.15, -0.1) is 0 Å². The number of nitrogens with two attached hydrogens (primary N) is 1. The molecule has 12 heteroatoms. The number of anilines is 1. The van der Waals surface area contributed by atoms with Crippen molar-refractivity contribution < 1.29 is 31.5 Å². The van der Waals surface area contributed by atoms with Crippen LogP contribution >= 0.6 is 11.6 Å². The highest BCUT2D eigenvalue weighted by Crippen LogP contribution is 2.42. The zero-order valence-corrected chi connectivity index (χ0v) is 16.7. The lowest BCUT2D eigenvalue weighted by Crippen LogP contribution is -2.48. The van der Waals surface area contributed by atoms with Crippen LogP contribution in [0.5, 0.6) is 0 Å². The molecule has 0 unspecified atom stereocenters. The largest absolute Gasteiger partial charge is 0.451 e. The number of hydrogen-bond acceptors (Lipinski definition) is 5. The van der Waals surface area contributed by atoms with E-state index in [0.29, 0.717) is 5.02 Å². The van der Waals surface area contributed by atoms with Crippen LogP contribution < -0.4 is 11.1 Å². The van der Waals surface area contributed by atoms with Crippen molar-refractivity contribution in [3.8, 4) is 0 Å². The van der Waals surface area contributed by atoms with E-state index in [1.807, 2.05) is 0 Å². The summed E-state index contributed by atoms with van der Waals surface area (Å²) in [5.41, 5.74) is 2.38. The van der Waals surface area contributed by atoms with Gasteiger partial charge in [-0.25, -0.2) is 18.8 Å². The van der Waals surface area contributed by atoms with Crippen LogP contribution in [0.4, 0.5) is 27.6 Å². The fourth-order valence-corrected chi connectivity index (χ4v) is 3.28. The molecule has 1 aliphatic rings. The van der Waals surface area contributed by atoms with Crippen LogP contribution in [0, 0.1) is 12.7 Å². The third kappa shape index (κ3) is 4.71. The van der Waals surface area contributed by atoms with Gasteiger partial charge in [0.05, 0.1) is 5.02 Å². The Balaban J connectivity index is 2.00. The Morgan fingerprint density at radius 2 is 2.10 bits per heavy atom. The van der Waals surface area contributed by atoms with E-state index in [9.17, 15) is 26.7 Å². The molecule has 0 saturated heterocycles. The van der Waals surface area contributed by atoms with Crippen molar-refractivity contribution in [2.45, 2.75) is 31.2 Å². The number of halogens is 6. The lowest BCUT2D eigenvalue weighted by molar-refractivity contribution is -0.167. The van der Waals surface area contributed by atoms with Crippen LogP contribution in [0.25, 0.3) is 0 Å². The minimum Gasteiger partial charge on any atom is -0.451 e. The Morgan fingerprint density at radius 1 is 1.39 bits per heavy atom. The van der Waals surface area contributed by atoms with E-state index < -0.39 is 54.2 Å². The molecule has 166 valence electrons. The van der Waals surface area contributed by atoms with E-state index in [1.165, 1.54) is 31.3 Å². The number of pyridine rings is 1. The maximum Gasteiger partial charge on any atom is 0.411 e. The van der Waals surface area contributed by atoms with Crippen LogP contribution in [0.3, 0.4) is 0 Å². The molecule has 31 heavy (non-hydrogen) atoms. The van der Waals surface area contributed by atoms with Gasteiger partial charge >= 0.3 is 6.18 Å². The summed E-state index contributed by atoms with van der Waals surface area (Å²) in [6, 6.07) is 1.71. The van der Waals surface area contributed by atoms with E-state index in [1.54, 1.807) is 0 Å². The molecule has 1 amide bonds. The number of nitrogens with zero attached hydrogens (tertiary/aromatic N) is 2. The van der Waals surface area contributed by atoms with Gasteiger partial charge in [0.25, 0.3) is 11.9 Å². The van der Waals surface area contributed by atoms with Gasteiger partial charge in [-0.2, -0.15) is 13.2 Å². The average molecular weight is 463 g/mol. The molecule has 6 nitrogen and oxygen atoms in total. The van der Waals surface area contributed by atoms with E-state index in [2.05, 4.69) is 15.3 Å². The number of aryl methyl sites for hydroxylation is 1. The molecular weight excluding hydrogens is 447 g/mol. The van der Waals surface area contributed by atoms with E-state index in [0.717, 1.165) is 6.07 Å². The van der Waals surface area contributed by atoms with Crippen LogP contribution in [0.15, 0.2) is 35.5 Å². The maximum absolute atomic E-state index is 14.9. The topological polar surface area (TPSA) is 89.6 Å². The van der Waals surface area contributed by atoms with Gasteiger partial charge in [-0.3, -0.25) is 4.79 Å². The van der Waals surface area contributed by atoms with Crippen molar-refractivity contribution in [1.82, 2.24) is 4.98 Å². The number of carbonyl (C=O) groups is 1. The molecule has 1 aliphatic heterocycles. The molecule has 3 rings (SSSR count). The van der Waals surface area contributed by atoms with E-state index >= 15 is 0 Å². The summed E-state index contributed by atoms with van der Waals surface area (Å²) in [4.78, 5) is 19.4. The summed E-state index contributed by atoms with van der Waals surface area (Å²) in [5.74, 6) is -1.68. The van der Waals surface area contributed by atoms with Crippen molar-refractivity contribution >= 4 is 29.2 Å². The van der Waals surface area contributed by atoms with Crippen molar-refractivity contribution in [2.24, 2.45) is 10.7 Å². The number of amidine groups is 1. The minimum absolute atomic E-state index is 0.00304. The minimum atomic E-state index is -4.84. The predicted octanol–water partition coefficient (Wildman–Crippen LogP) is 4.27. The second-order valence-corrected chi connectivity index (χ2v) is 7.37. The zero-order valence-electron chi connectivity index (χ0n) is 15.9. The Hall–Kier alpha value is -2.95. The number of nitrogens with one attached hydrogen (secondary N) is 1. The van der Waals surface area contributed by atoms with Crippen LogP contribution in [-0.4, -0.2) is 35.8 Å². The summed E-state index contributed by atoms with van der Waals surface area (Å²) in [5, 5.41) is 2.75. The predicted molar refractivity (Wildman–Crippen MR) is 103 cm³/mol. The number of amides is 1. The van der Waals surface area contributed by atoms with Crippen LogP contribution in [0.2, 0.25) is 5.02 Å². The number of rotatable bonds is 4. The van der Waals surface area contributed by atoms with Gasteiger partial charge in [-0.05, 0) is 36.8 Å². The number of ether oxygens (including phenoxy) is 1. The Kier molecular flexibility index (Phi) is 6.08.